The van der Waals surface area contributed by atoms with E-state index in [-0.39, 0.29) is 5.82 Å². The maximum atomic E-state index is 13.2. The summed E-state index contributed by atoms with van der Waals surface area (Å²) in [6, 6.07) is 14.5. The molecule has 2 aromatic heterocycles. The smallest absolute Gasteiger partial charge is 0.157 e. The number of hydrogen-bond donors (Lipinski definition) is 1. The number of nitrogens with zero attached hydrogens (tertiary/aromatic N) is 2. The summed E-state index contributed by atoms with van der Waals surface area (Å²) in [4.78, 5) is 12.0. The molecular weight excluding hydrogens is 253 g/mol. The van der Waals surface area contributed by atoms with Crippen LogP contribution in [0.1, 0.15) is 0 Å². The second kappa shape index (κ2) is 4.13. The van der Waals surface area contributed by atoms with Gasteiger partial charge in [-0.2, -0.15) is 0 Å². The molecule has 2 heterocycles. The Hall–Kier alpha value is -2.75. The molecule has 0 aliphatic heterocycles. The van der Waals surface area contributed by atoms with Crippen molar-refractivity contribution in [2.75, 3.05) is 0 Å². The maximum absolute atomic E-state index is 13.2. The lowest BCUT2D eigenvalue weighted by Gasteiger charge is -2.01. The van der Waals surface area contributed by atoms with Crippen molar-refractivity contribution in [2.45, 2.75) is 0 Å². The molecule has 0 fully saturated rings. The molecule has 3 nitrogen and oxygen atoms in total. The van der Waals surface area contributed by atoms with Gasteiger partial charge in [0.25, 0.3) is 0 Å². The van der Waals surface area contributed by atoms with Crippen molar-refractivity contribution in [3.8, 4) is 11.5 Å². The van der Waals surface area contributed by atoms with Crippen molar-refractivity contribution in [2.24, 2.45) is 0 Å². The Balaban J connectivity index is 2.01. The number of aromatic nitrogens is 3. The summed E-state index contributed by atoms with van der Waals surface area (Å²) in [6.07, 6.45) is 1.76. The molecule has 1 N–H and O–H groups in total. The van der Waals surface area contributed by atoms with E-state index in [2.05, 4.69) is 15.0 Å². The van der Waals surface area contributed by atoms with Crippen molar-refractivity contribution in [3.63, 3.8) is 0 Å². The Morgan fingerprint density at radius 2 is 1.90 bits per heavy atom. The highest BCUT2D eigenvalue weighted by atomic mass is 19.1. The largest absolute Gasteiger partial charge is 0.337 e. The van der Waals surface area contributed by atoms with E-state index in [9.17, 15) is 4.39 Å². The number of rotatable bonds is 1. The number of aromatic amines is 1. The lowest BCUT2D eigenvalue weighted by molar-refractivity contribution is 0.629. The number of nitrogens with one attached hydrogen (secondary N) is 1. The van der Waals surface area contributed by atoms with Crippen molar-refractivity contribution in [1.29, 1.82) is 0 Å². The Kier molecular flexibility index (Phi) is 2.29. The third-order valence-corrected chi connectivity index (χ3v) is 3.34. The second-order valence-electron chi connectivity index (χ2n) is 4.63. The molecule has 0 atom stereocenters. The van der Waals surface area contributed by atoms with Gasteiger partial charge in [0.1, 0.15) is 11.5 Å². The molecule has 0 spiro atoms. The number of imidazole rings is 1. The Bertz CT molecular complexity index is 922. The van der Waals surface area contributed by atoms with Gasteiger partial charge in [-0.05, 0) is 29.7 Å². The topological polar surface area (TPSA) is 41.6 Å². The average molecular weight is 263 g/mol. The van der Waals surface area contributed by atoms with Gasteiger partial charge < -0.3 is 4.98 Å². The molecule has 0 saturated heterocycles. The highest BCUT2D eigenvalue weighted by Gasteiger charge is 2.10. The number of pyridine rings is 1. The number of benzene rings is 2. The van der Waals surface area contributed by atoms with Crippen molar-refractivity contribution in [1.82, 2.24) is 15.0 Å². The Labute approximate surface area is 114 Å². The van der Waals surface area contributed by atoms with Crippen LogP contribution in [0.25, 0.3) is 33.3 Å². The predicted molar refractivity (Wildman–Crippen MR) is 76.8 cm³/mol. The Morgan fingerprint density at radius 3 is 2.85 bits per heavy atom. The van der Waals surface area contributed by atoms with Gasteiger partial charge in [-0.15, -0.1) is 0 Å². The number of H-pyrrole nitrogens is 1. The number of hydrogen-bond acceptors (Lipinski definition) is 2. The standard InChI is InChI=1S/C16H10FN3/c17-11-5-6-13-14(9-11)20-16(19-13)15-12-4-2-1-3-10(12)7-8-18-15/h1-9H,(H,19,20). The zero-order valence-corrected chi connectivity index (χ0v) is 10.5. The number of halogens is 1. The Morgan fingerprint density at radius 1 is 1.00 bits per heavy atom. The molecule has 4 aromatic rings. The van der Waals surface area contributed by atoms with Crippen LogP contribution in [-0.2, 0) is 0 Å². The second-order valence-corrected chi connectivity index (χ2v) is 4.63. The number of fused-ring (bicyclic) bond motifs is 2. The van der Waals surface area contributed by atoms with Gasteiger partial charge >= 0.3 is 0 Å². The summed E-state index contributed by atoms with van der Waals surface area (Å²) in [5.41, 5.74) is 2.19. The zero-order valence-electron chi connectivity index (χ0n) is 10.5. The molecule has 0 radical (unpaired) electrons. The monoisotopic (exact) mass is 263 g/mol. The molecule has 20 heavy (non-hydrogen) atoms. The van der Waals surface area contributed by atoms with Crippen LogP contribution in [0, 0.1) is 5.82 Å². The molecule has 0 aliphatic rings. The molecule has 4 heteroatoms. The van der Waals surface area contributed by atoms with Gasteiger partial charge in [0, 0.05) is 11.6 Å². The van der Waals surface area contributed by atoms with Gasteiger partial charge in [0.15, 0.2) is 5.82 Å². The van der Waals surface area contributed by atoms with Crippen LogP contribution >= 0.6 is 0 Å². The fourth-order valence-corrected chi connectivity index (χ4v) is 2.40. The highest BCUT2D eigenvalue weighted by molar-refractivity contribution is 5.94. The van der Waals surface area contributed by atoms with Gasteiger partial charge in [0.2, 0.25) is 0 Å². The van der Waals surface area contributed by atoms with E-state index in [1.165, 1.54) is 12.1 Å². The average Bonchev–Trinajstić information content (AvgIpc) is 2.89. The molecule has 0 unspecified atom stereocenters. The molecule has 0 saturated carbocycles. The normalized spacial score (nSPS) is 11.2. The first-order valence-electron chi connectivity index (χ1n) is 6.31. The van der Waals surface area contributed by atoms with Crippen molar-refractivity contribution >= 4 is 21.8 Å². The van der Waals surface area contributed by atoms with Crippen LogP contribution in [-0.4, -0.2) is 15.0 Å². The molecule has 96 valence electrons. The fourth-order valence-electron chi connectivity index (χ4n) is 2.40. The van der Waals surface area contributed by atoms with Crippen molar-refractivity contribution in [3.05, 3.63) is 60.5 Å². The van der Waals surface area contributed by atoms with Crippen LogP contribution in [0.2, 0.25) is 0 Å². The summed E-state index contributed by atoms with van der Waals surface area (Å²) in [5.74, 6) is 0.376. The van der Waals surface area contributed by atoms with E-state index in [1.807, 2.05) is 30.3 Å². The first kappa shape index (κ1) is 11.1. The highest BCUT2D eigenvalue weighted by Crippen LogP contribution is 2.26. The lowest BCUT2D eigenvalue weighted by Crippen LogP contribution is -1.87. The van der Waals surface area contributed by atoms with Gasteiger partial charge in [-0.25, -0.2) is 9.37 Å². The van der Waals surface area contributed by atoms with E-state index >= 15 is 0 Å². The molecule has 0 amide bonds. The van der Waals surface area contributed by atoms with Gasteiger partial charge in [-0.3, -0.25) is 4.98 Å². The minimum absolute atomic E-state index is 0.279. The van der Waals surface area contributed by atoms with Crippen molar-refractivity contribution < 1.29 is 4.39 Å². The van der Waals surface area contributed by atoms with E-state index < -0.39 is 0 Å². The third-order valence-electron chi connectivity index (χ3n) is 3.34. The van der Waals surface area contributed by atoms with E-state index in [4.69, 9.17) is 0 Å². The van der Waals surface area contributed by atoms with Gasteiger partial charge in [-0.1, -0.05) is 24.3 Å². The van der Waals surface area contributed by atoms with Crippen LogP contribution < -0.4 is 0 Å². The summed E-state index contributed by atoms with van der Waals surface area (Å²) in [7, 11) is 0. The molecule has 0 aliphatic carbocycles. The SMILES string of the molecule is Fc1ccc2nc(-c3nccc4ccccc34)[nH]c2c1. The van der Waals surface area contributed by atoms with E-state index in [0.29, 0.717) is 11.3 Å². The minimum Gasteiger partial charge on any atom is -0.337 e. The quantitative estimate of drug-likeness (QED) is 0.565. The van der Waals surface area contributed by atoms with Crippen LogP contribution in [0.15, 0.2) is 54.7 Å². The van der Waals surface area contributed by atoms with Crippen LogP contribution in [0.5, 0.6) is 0 Å². The van der Waals surface area contributed by atoms with Crippen LogP contribution in [0.4, 0.5) is 4.39 Å². The van der Waals surface area contributed by atoms with Crippen LogP contribution in [0.3, 0.4) is 0 Å². The van der Waals surface area contributed by atoms with E-state index in [1.54, 1.807) is 12.3 Å². The fraction of sp³-hybridized carbons (Fsp3) is 0. The summed E-state index contributed by atoms with van der Waals surface area (Å²) in [5, 5.41) is 2.12. The molecular formula is C16H10FN3. The lowest BCUT2D eigenvalue weighted by atomic mass is 10.1. The first-order chi connectivity index (χ1) is 9.81. The summed E-state index contributed by atoms with van der Waals surface area (Å²) >= 11 is 0. The third kappa shape index (κ3) is 1.66. The first-order valence-corrected chi connectivity index (χ1v) is 6.31. The van der Waals surface area contributed by atoms with E-state index in [0.717, 1.165) is 22.0 Å². The minimum atomic E-state index is -0.279. The zero-order chi connectivity index (χ0) is 13.5. The maximum Gasteiger partial charge on any atom is 0.157 e. The summed E-state index contributed by atoms with van der Waals surface area (Å²) < 4.78 is 13.2. The molecule has 4 rings (SSSR count). The predicted octanol–water partition coefficient (Wildman–Crippen LogP) is 3.92. The summed E-state index contributed by atoms with van der Waals surface area (Å²) in [6.45, 7) is 0. The molecule has 0 bridgehead atoms. The molecule has 2 aromatic carbocycles. The van der Waals surface area contributed by atoms with Gasteiger partial charge in [0.05, 0.1) is 11.0 Å².